The molecule has 0 saturated carbocycles. The van der Waals surface area contributed by atoms with Gasteiger partial charge in [-0.3, -0.25) is 0 Å². The second kappa shape index (κ2) is 11.2. The van der Waals surface area contributed by atoms with Gasteiger partial charge in [0.25, 0.3) is 0 Å². The molecule has 0 spiro atoms. The van der Waals surface area contributed by atoms with Crippen LogP contribution >= 0.6 is 0 Å². The number of ether oxygens (including phenoxy) is 3. The molecule has 5 aromatic rings. The van der Waals surface area contributed by atoms with Crippen molar-refractivity contribution in [2.45, 2.75) is 33.1 Å². The number of benzene rings is 5. The van der Waals surface area contributed by atoms with Gasteiger partial charge in [-0.1, -0.05) is 74.0 Å². The molecule has 0 aliphatic carbocycles. The van der Waals surface area contributed by atoms with E-state index in [0.717, 1.165) is 39.9 Å². The summed E-state index contributed by atoms with van der Waals surface area (Å²) in [5.41, 5.74) is 1.31. The first kappa shape index (κ1) is 24.4. The molecular weight excluding hydrogens is 460 g/mol. The van der Waals surface area contributed by atoms with Gasteiger partial charge in [0, 0.05) is 11.6 Å². The Kier molecular flexibility index (Phi) is 7.36. The van der Waals surface area contributed by atoms with Crippen LogP contribution in [0.5, 0.6) is 23.0 Å². The predicted molar refractivity (Wildman–Crippen MR) is 149 cm³/mol. The monoisotopic (exact) mass is 490 g/mol. The Labute approximate surface area is 217 Å². The van der Waals surface area contributed by atoms with E-state index in [4.69, 9.17) is 14.2 Å². The minimum Gasteiger partial charge on any atom is -0.462 e. The SMILES string of the molecule is CCCCc1c(Oc2ccc3ccccc3c2)cc(Oc2ccc3ccccc3c2)cc1C(=O)OCC. The second-order valence-electron chi connectivity index (χ2n) is 8.99. The Balaban J connectivity index is 1.57. The summed E-state index contributed by atoms with van der Waals surface area (Å²) in [4.78, 5) is 13.1. The molecule has 4 nitrogen and oxygen atoms in total. The molecule has 4 heteroatoms. The van der Waals surface area contributed by atoms with Crippen molar-refractivity contribution in [3.63, 3.8) is 0 Å². The number of hydrogen-bond donors (Lipinski definition) is 0. The van der Waals surface area contributed by atoms with E-state index in [1.165, 1.54) is 0 Å². The van der Waals surface area contributed by atoms with Gasteiger partial charge in [-0.25, -0.2) is 4.79 Å². The summed E-state index contributed by atoms with van der Waals surface area (Å²) in [6, 6.07) is 31.9. The van der Waals surface area contributed by atoms with E-state index >= 15 is 0 Å². The minimum atomic E-state index is -0.374. The van der Waals surface area contributed by atoms with Crippen molar-refractivity contribution in [3.8, 4) is 23.0 Å². The molecule has 0 bridgehead atoms. The quantitative estimate of drug-likeness (QED) is 0.193. The normalized spacial score (nSPS) is 11.0. The zero-order chi connectivity index (χ0) is 25.6. The maximum absolute atomic E-state index is 13.1. The summed E-state index contributed by atoms with van der Waals surface area (Å²) < 4.78 is 18.1. The average molecular weight is 491 g/mol. The molecule has 5 rings (SSSR count). The van der Waals surface area contributed by atoms with Gasteiger partial charge in [0.05, 0.1) is 12.2 Å². The maximum Gasteiger partial charge on any atom is 0.338 e. The van der Waals surface area contributed by atoms with Gasteiger partial charge in [0.15, 0.2) is 0 Å². The molecule has 0 N–H and O–H groups in total. The van der Waals surface area contributed by atoms with E-state index in [2.05, 4.69) is 25.1 Å². The highest BCUT2D eigenvalue weighted by molar-refractivity contribution is 5.93. The molecular formula is C33H30O4. The highest BCUT2D eigenvalue weighted by Gasteiger charge is 2.20. The third-order valence-corrected chi connectivity index (χ3v) is 6.36. The summed E-state index contributed by atoms with van der Waals surface area (Å²) in [6.45, 7) is 4.24. The van der Waals surface area contributed by atoms with Crippen molar-refractivity contribution in [1.82, 2.24) is 0 Å². The Hall–Kier alpha value is -4.31. The van der Waals surface area contributed by atoms with Crippen LogP contribution in [-0.4, -0.2) is 12.6 Å². The van der Waals surface area contributed by atoms with E-state index in [1.54, 1.807) is 6.07 Å². The van der Waals surface area contributed by atoms with Crippen LogP contribution in [0.3, 0.4) is 0 Å². The standard InChI is InChI=1S/C33H30O4/c1-3-5-14-30-31(33(34)35-4-2)21-29(36-27-17-15-23-10-6-8-12-25(23)19-27)22-32(30)37-28-18-16-24-11-7-9-13-26(24)20-28/h6-13,15-22H,3-5,14H2,1-2H3. The molecule has 186 valence electrons. The zero-order valence-electron chi connectivity index (χ0n) is 21.2. The first-order valence-electron chi connectivity index (χ1n) is 12.8. The fourth-order valence-electron chi connectivity index (χ4n) is 4.50. The van der Waals surface area contributed by atoms with Crippen molar-refractivity contribution in [2.24, 2.45) is 0 Å². The highest BCUT2D eigenvalue weighted by Crippen LogP contribution is 2.37. The van der Waals surface area contributed by atoms with Gasteiger partial charge in [-0.15, -0.1) is 0 Å². The summed E-state index contributed by atoms with van der Waals surface area (Å²) in [6.07, 6.45) is 2.61. The van der Waals surface area contributed by atoms with Crippen molar-refractivity contribution < 1.29 is 19.0 Å². The summed E-state index contributed by atoms with van der Waals surface area (Å²) in [7, 11) is 0. The molecule has 0 aliphatic heterocycles. The fourth-order valence-corrected chi connectivity index (χ4v) is 4.50. The molecule has 0 aromatic heterocycles. The van der Waals surface area contributed by atoms with Crippen LogP contribution in [0.2, 0.25) is 0 Å². The third-order valence-electron chi connectivity index (χ3n) is 6.36. The Morgan fingerprint density at radius 1 is 0.649 bits per heavy atom. The van der Waals surface area contributed by atoms with E-state index in [1.807, 2.05) is 79.7 Å². The smallest absolute Gasteiger partial charge is 0.338 e. The van der Waals surface area contributed by atoms with Crippen molar-refractivity contribution in [1.29, 1.82) is 0 Å². The number of fused-ring (bicyclic) bond motifs is 2. The van der Waals surface area contributed by atoms with Gasteiger partial charge >= 0.3 is 5.97 Å². The van der Waals surface area contributed by atoms with Gasteiger partial charge in [0.1, 0.15) is 23.0 Å². The lowest BCUT2D eigenvalue weighted by molar-refractivity contribution is 0.0524. The molecule has 37 heavy (non-hydrogen) atoms. The summed E-state index contributed by atoms with van der Waals surface area (Å²) >= 11 is 0. The largest absolute Gasteiger partial charge is 0.462 e. The molecule has 0 heterocycles. The van der Waals surface area contributed by atoms with Crippen molar-refractivity contribution >= 4 is 27.5 Å². The van der Waals surface area contributed by atoms with Crippen molar-refractivity contribution in [3.05, 3.63) is 108 Å². The molecule has 0 saturated heterocycles. The van der Waals surface area contributed by atoms with Gasteiger partial charge < -0.3 is 14.2 Å². The van der Waals surface area contributed by atoms with Crippen LogP contribution in [0, 0.1) is 0 Å². The lowest BCUT2D eigenvalue weighted by Gasteiger charge is -2.18. The number of hydrogen-bond acceptors (Lipinski definition) is 4. The van der Waals surface area contributed by atoms with Crippen LogP contribution in [0.1, 0.15) is 42.6 Å². The Bertz CT molecular complexity index is 1550. The molecule has 5 aromatic carbocycles. The van der Waals surface area contributed by atoms with Crippen LogP contribution in [0.15, 0.2) is 97.1 Å². The molecule has 0 atom stereocenters. The highest BCUT2D eigenvalue weighted by atomic mass is 16.5. The minimum absolute atomic E-state index is 0.294. The number of carbonyl (C=O) groups excluding carboxylic acids is 1. The summed E-state index contributed by atoms with van der Waals surface area (Å²) in [5, 5.41) is 4.45. The van der Waals surface area contributed by atoms with Gasteiger partial charge in [-0.2, -0.15) is 0 Å². The predicted octanol–water partition coefficient (Wildman–Crippen LogP) is 9.10. The number of esters is 1. The lowest BCUT2D eigenvalue weighted by Crippen LogP contribution is -2.10. The molecule has 0 radical (unpaired) electrons. The van der Waals surface area contributed by atoms with Crippen LogP contribution in [0.4, 0.5) is 0 Å². The summed E-state index contributed by atoms with van der Waals surface area (Å²) in [5.74, 6) is 2.14. The molecule has 0 aliphatic rings. The zero-order valence-corrected chi connectivity index (χ0v) is 21.2. The Morgan fingerprint density at radius 2 is 1.24 bits per heavy atom. The van der Waals surface area contributed by atoms with Crippen LogP contribution < -0.4 is 9.47 Å². The van der Waals surface area contributed by atoms with Crippen LogP contribution in [0.25, 0.3) is 21.5 Å². The Morgan fingerprint density at radius 3 is 1.84 bits per heavy atom. The van der Waals surface area contributed by atoms with Crippen LogP contribution in [-0.2, 0) is 11.2 Å². The second-order valence-corrected chi connectivity index (χ2v) is 8.99. The van der Waals surface area contributed by atoms with E-state index < -0.39 is 0 Å². The van der Waals surface area contributed by atoms with Gasteiger partial charge in [-0.05, 0) is 71.6 Å². The van der Waals surface area contributed by atoms with Crippen molar-refractivity contribution in [2.75, 3.05) is 6.61 Å². The first-order chi connectivity index (χ1) is 18.1. The number of unbranched alkanes of at least 4 members (excludes halogenated alkanes) is 1. The lowest BCUT2D eigenvalue weighted by atomic mass is 10.00. The number of carbonyl (C=O) groups is 1. The molecule has 0 unspecified atom stereocenters. The number of rotatable bonds is 9. The van der Waals surface area contributed by atoms with E-state index in [9.17, 15) is 4.79 Å². The third kappa shape index (κ3) is 5.59. The van der Waals surface area contributed by atoms with E-state index in [0.29, 0.717) is 41.6 Å². The van der Waals surface area contributed by atoms with Gasteiger partial charge in [0.2, 0.25) is 0 Å². The topological polar surface area (TPSA) is 44.8 Å². The fraction of sp³-hybridized carbons (Fsp3) is 0.182. The first-order valence-corrected chi connectivity index (χ1v) is 12.8. The molecule has 0 fully saturated rings. The molecule has 0 amide bonds. The maximum atomic E-state index is 13.1. The average Bonchev–Trinajstić information content (AvgIpc) is 2.92. The van der Waals surface area contributed by atoms with E-state index in [-0.39, 0.29) is 5.97 Å².